The summed E-state index contributed by atoms with van der Waals surface area (Å²) in [5, 5.41) is 9.14. The fraction of sp³-hybridized carbons (Fsp3) is 0.500. The number of aromatic nitrogens is 2. The van der Waals surface area contributed by atoms with Gasteiger partial charge in [-0.15, -0.1) is 13.1 Å². The van der Waals surface area contributed by atoms with Crippen LogP contribution in [0.4, 0.5) is 0 Å². The van der Waals surface area contributed by atoms with E-state index in [4.69, 9.17) is 14.9 Å². The Kier molecular flexibility index (Phi) is 17.5. The molecule has 0 aliphatic heterocycles. The average Bonchev–Trinajstić information content (AvgIpc) is 3.13. The number of fused-ring (bicyclic) bond motifs is 1. The van der Waals surface area contributed by atoms with Crippen LogP contribution in [0.15, 0.2) is 29.1 Å². The molecule has 1 aromatic heterocycles. The Labute approximate surface area is 263 Å². The van der Waals surface area contributed by atoms with Crippen LogP contribution in [0.1, 0.15) is 69.7 Å². The third kappa shape index (κ3) is 10.6. The zero-order chi connectivity index (χ0) is 30.4. The van der Waals surface area contributed by atoms with Crippen molar-refractivity contribution in [2.45, 2.75) is 65.0 Å². The number of rotatable bonds is 14. The van der Waals surface area contributed by atoms with E-state index in [1.807, 2.05) is 6.92 Å². The van der Waals surface area contributed by atoms with Crippen LogP contribution in [-0.2, 0) is 27.0 Å². The largest absolute Gasteiger partial charge is 1.00 e. The second kappa shape index (κ2) is 19.3. The summed E-state index contributed by atoms with van der Waals surface area (Å²) < 4.78 is 32.9. The molecule has 1 aliphatic carbocycles. The predicted octanol–water partition coefficient (Wildman–Crippen LogP) is 0.999. The molecule has 0 amide bonds. The molecule has 1 aromatic carbocycles. The number of nitrogens with two attached hydrogens (primary N) is 1. The molecule has 1 heterocycles. The van der Waals surface area contributed by atoms with E-state index in [1.54, 1.807) is 18.2 Å². The summed E-state index contributed by atoms with van der Waals surface area (Å²) in [6.45, 7) is 17.9. The standard InChI is InChI=1S/C28H39N3O4S.C2H6NO2.Li/c1-6-11-22-17-20(8-3)12-14-23-26(22)29-27(30-28(23)32)24-18-21(13-15-25(24)35-16-7-2)19-36(33,34)31(9-4)10-5;1-2-5-3-4;/h13,15,17-18,20H,4-12,14,16,19H2,1-3H3,(H,29,30,32);1-3H2;/q-2;-1;+1. The topological polar surface area (TPSA) is 141 Å². The van der Waals surface area contributed by atoms with E-state index in [9.17, 15) is 13.2 Å². The molecule has 0 saturated heterocycles. The molecule has 0 saturated carbocycles. The van der Waals surface area contributed by atoms with Crippen LogP contribution in [0.3, 0.4) is 0 Å². The van der Waals surface area contributed by atoms with Gasteiger partial charge in [-0.2, -0.15) is 0 Å². The summed E-state index contributed by atoms with van der Waals surface area (Å²) in [6, 6.07) is 5.26. The fourth-order valence-electron chi connectivity index (χ4n) is 4.62. The first-order valence-electron chi connectivity index (χ1n) is 14.2. The molecule has 1 atom stereocenters. The fourth-order valence-corrected chi connectivity index (χ4v) is 5.96. The van der Waals surface area contributed by atoms with Gasteiger partial charge in [-0.25, -0.2) is 23.9 Å². The Morgan fingerprint density at radius 2 is 1.88 bits per heavy atom. The smallest absolute Gasteiger partial charge is 0.601 e. The molecular formula is C30H45LiN4O6S-2. The van der Waals surface area contributed by atoms with Gasteiger partial charge in [-0.05, 0) is 67.9 Å². The number of nitrogens with one attached hydrogen (secondary N) is 1. The second-order valence-electron chi connectivity index (χ2n) is 9.69. The minimum Gasteiger partial charge on any atom is -0.601 e. The molecule has 0 radical (unpaired) electrons. The number of ether oxygens (including phenoxy) is 1. The molecule has 0 bridgehead atoms. The van der Waals surface area contributed by atoms with Gasteiger partial charge in [-0.3, -0.25) is 9.10 Å². The van der Waals surface area contributed by atoms with Crippen molar-refractivity contribution >= 4 is 15.6 Å². The van der Waals surface area contributed by atoms with E-state index in [2.05, 4.69) is 50.5 Å². The summed E-state index contributed by atoms with van der Waals surface area (Å²) in [7, 11) is -3.59. The van der Waals surface area contributed by atoms with Crippen LogP contribution in [0.2, 0.25) is 0 Å². The van der Waals surface area contributed by atoms with Crippen molar-refractivity contribution in [2.75, 3.05) is 26.3 Å². The molecule has 1 unspecified atom stereocenters. The van der Waals surface area contributed by atoms with E-state index >= 15 is 0 Å². The van der Waals surface area contributed by atoms with Gasteiger partial charge in [0.25, 0.3) is 5.56 Å². The summed E-state index contributed by atoms with van der Waals surface area (Å²) in [4.78, 5) is 25.3. The normalized spacial score (nSPS) is 14.7. The van der Waals surface area contributed by atoms with E-state index < -0.39 is 10.0 Å². The minimum atomic E-state index is -3.59. The van der Waals surface area contributed by atoms with E-state index in [0.717, 1.165) is 48.9 Å². The molecule has 42 heavy (non-hydrogen) atoms. The third-order valence-electron chi connectivity index (χ3n) is 6.75. The third-order valence-corrected chi connectivity index (χ3v) is 8.60. The minimum absolute atomic E-state index is 0. The van der Waals surface area contributed by atoms with Crippen LogP contribution >= 0.6 is 0 Å². The summed E-state index contributed by atoms with van der Waals surface area (Å²) >= 11 is 0. The summed E-state index contributed by atoms with van der Waals surface area (Å²) in [6.07, 6.45) is 7.54. The van der Waals surface area contributed by atoms with Crippen molar-refractivity contribution in [3.05, 3.63) is 77.4 Å². The molecule has 10 nitrogen and oxygen atoms in total. The predicted molar refractivity (Wildman–Crippen MR) is 163 cm³/mol. The summed E-state index contributed by atoms with van der Waals surface area (Å²) in [5.74, 6) is 1.18. The maximum atomic E-state index is 13.3. The van der Waals surface area contributed by atoms with Crippen molar-refractivity contribution in [3.8, 4) is 17.1 Å². The Morgan fingerprint density at radius 1 is 1.17 bits per heavy atom. The van der Waals surface area contributed by atoms with E-state index in [-0.39, 0.29) is 49.9 Å². The molecule has 3 rings (SSSR count). The molecule has 0 spiro atoms. The Morgan fingerprint density at radius 3 is 2.43 bits per heavy atom. The van der Waals surface area contributed by atoms with Gasteiger partial charge in [0.1, 0.15) is 11.6 Å². The Bertz CT molecular complexity index is 1290. The molecule has 0 fully saturated rings. The average molecular weight is 597 g/mol. The van der Waals surface area contributed by atoms with Crippen LogP contribution < -0.4 is 34.8 Å². The number of benzene rings is 1. The monoisotopic (exact) mass is 596 g/mol. The number of aromatic amines is 1. The molecule has 1 aliphatic rings. The number of hydrogen-bond donors (Lipinski definition) is 2. The van der Waals surface area contributed by atoms with Crippen molar-refractivity contribution < 1.29 is 42.5 Å². The first kappa shape index (κ1) is 38.1. The number of sulfonamides is 1. The van der Waals surface area contributed by atoms with Crippen molar-refractivity contribution in [3.63, 3.8) is 0 Å². The maximum absolute atomic E-state index is 13.3. The van der Waals surface area contributed by atoms with Crippen molar-refractivity contribution in [1.82, 2.24) is 14.3 Å². The van der Waals surface area contributed by atoms with Crippen LogP contribution in [-0.4, -0.2) is 49.0 Å². The number of quaternary nitrogens is 1. The Hall–Kier alpha value is -1.97. The molecule has 2 aromatic rings. The van der Waals surface area contributed by atoms with Gasteiger partial charge >= 0.3 is 18.9 Å². The van der Waals surface area contributed by atoms with Crippen molar-refractivity contribution in [2.24, 2.45) is 5.92 Å². The number of hydrogen-bond acceptors (Lipinski definition) is 7. The Balaban J connectivity index is 0.00000135. The van der Waals surface area contributed by atoms with Gasteiger partial charge in [0.15, 0.2) is 0 Å². The van der Waals surface area contributed by atoms with Gasteiger partial charge < -0.3 is 35.7 Å². The van der Waals surface area contributed by atoms with E-state index in [0.29, 0.717) is 47.3 Å². The van der Waals surface area contributed by atoms with Crippen LogP contribution in [0, 0.1) is 31.9 Å². The van der Waals surface area contributed by atoms with Gasteiger partial charge in [0.2, 0.25) is 10.0 Å². The van der Waals surface area contributed by atoms with Gasteiger partial charge in [0.05, 0.1) is 23.6 Å². The quantitative estimate of drug-likeness (QED) is 0.188. The van der Waals surface area contributed by atoms with Crippen molar-refractivity contribution in [1.29, 1.82) is 0 Å². The molecule has 230 valence electrons. The zero-order valence-corrected chi connectivity index (χ0v) is 26.4. The first-order valence-corrected chi connectivity index (χ1v) is 15.8. The van der Waals surface area contributed by atoms with Gasteiger partial charge in [-0.1, -0.05) is 39.3 Å². The molecular weight excluding hydrogens is 551 g/mol. The number of H-pyrrole nitrogens is 1. The first-order chi connectivity index (χ1) is 19.7. The molecule has 12 heteroatoms. The molecule has 3 N–H and O–H groups in total. The number of nitrogens with zero attached hydrogens (tertiary/aromatic N) is 2. The van der Waals surface area contributed by atoms with E-state index in [1.165, 1.54) is 4.31 Å². The van der Waals surface area contributed by atoms with Crippen LogP contribution in [0.5, 0.6) is 5.75 Å². The summed E-state index contributed by atoms with van der Waals surface area (Å²) in [5.41, 5.74) is 3.98. The maximum Gasteiger partial charge on any atom is 1.00 e. The SMILES string of the molecule is [CH2-]CN(C[CH2-])S(=O)(=O)Cc1ccc(OCCC)c(-c2nc3c(c(=O)[nH]2)CCC(CC)C=C3CCC)c1.[CH2-]CO[NH2+][O-].[Li+]. The van der Waals surface area contributed by atoms with Crippen LogP contribution in [0.25, 0.3) is 17.0 Å². The second-order valence-corrected chi connectivity index (χ2v) is 11.7. The number of allylic oxidation sites excluding steroid dienone is 2. The van der Waals surface area contributed by atoms with Gasteiger partial charge in [0, 0.05) is 5.56 Å². The zero-order valence-electron chi connectivity index (χ0n) is 25.6.